The van der Waals surface area contributed by atoms with Crippen molar-refractivity contribution in [2.75, 3.05) is 103 Å². The highest BCUT2D eigenvalue weighted by atomic mass is 127. The average molecular weight is 1690 g/mol. The predicted octanol–water partition coefficient (Wildman–Crippen LogP) is 21.4. The number of aromatic nitrogens is 6. The number of hydrogen-bond acceptors (Lipinski definition) is 15. The minimum absolute atomic E-state index is 0. The highest BCUT2D eigenvalue weighted by Crippen LogP contribution is 2.43. The van der Waals surface area contributed by atoms with Gasteiger partial charge in [-0.15, -0.1) is 0 Å². The summed E-state index contributed by atoms with van der Waals surface area (Å²) in [6.45, 7) is 33.2. The van der Waals surface area contributed by atoms with Crippen LogP contribution in [0.5, 0.6) is 17.2 Å². The molecule has 9 aromatic rings. The van der Waals surface area contributed by atoms with E-state index in [1.807, 2.05) is 120 Å². The number of nitrogens with zero attached hydrogens (tertiary/aromatic N) is 6. The van der Waals surface area contributed by atoms with Gasteiger partial charge in [-0.3, -0.25) is 25.7 Å². The lowest BCUT2D eigenvalue weighted by Gasteiger charge is -2.18. The molecule has 0 fully saturated rings. The van der Waals surface area contributed by atoms with E-state index >= 15 is 0 Å². The van der Waals surface area contributed by atoms with Crippen molar-refractivity contribution in [3.63, 3.8) is 0 Å². The highest BCUT2D eigenvalue weighted by Gasteiger charge is 2.21. The van der Waals surface area contributed by atoms with E-state index in [0.717, 1.165) is 236 Å². The molecule has 0 aliphatic heterocycles. The van der Waals surface area contributed by atoms with Gasteiger partial charge in [0.2, 0.25) is 0 Å². The predicted molar refractivity (Wildman–Crippen MR) is 469 cm³/mol. The molecule has 3 aromatic heterocycles. The molecule has 0 aliphatic rings. The fraction of sp³-hybridized carbons (Fsp3) is 0.489. The van der Waals surface area contributed by atoms with Crippen molar-refractivity contribution in [2.45, 2.75) is 162 Å². The number of benzene rings is 6. The molecule has 0 saturated heterocycles. The molecule has 9 rings (SSSR count). The fourth-order valence-corrected chi connectivity index (χ4v) is 13.3. The van der Waals surface area contributed by atoms with Crippen LogP contribution in [0.3, 0.4) is 0 Å². The van der Waals surface area contributed by atoms with Gasteiger partial charge in [-0.25, -0.2) is 0 Å². The number of hydrogen-bond donors (Lipinski definition) is 4. The lowest BCUT2D eigenvalue weighted by Crippen LogP contribution is -2.12. The van der Waals surface area contributed by atoms with Crippen molar-refractivity contribution >= 4 is 57.4 Å². The maximum atomic E-state index is 10.4. The Labute approximate surface area is 687 Å². The van der Waals surface area contributed by atoms with Crippen LogP contribution in [0.15, 0.2) is 109 Å². The number of ether oxygens (including phenoxy) is 8. The van der Waals surface area contributed by atoms with Gasteiger partial charge >= 0.3 is 0 Å². The van der Waals surface area contributed by atoms with E-state index in [1.165, 1.54) is 29.3 Å². The molecular weight excluding hydrogens is 1560 g/mol. The van der Waals surface area contributed by atoms with Gasteiger partial charge in [-0.2, -0.15) is 15.3 Å². The molecule has 0 amide bonds. The number of unbranched alkanes of at least 4 members (excludes halogenated alkanes) is 6. The Morgan fingerprint density at radius 3 is 0.982 bits per heavy atom. The second-order valence-corrected chi connectivity index (χ2v) is 29.0. The topological polar surface area (TPSA) is 226 Å². The first-order valence-electron chi connectivity index (χ1n) is 37.9. The molecule has 3 heterocycles. The van der Waals surface area contributed by atoms with Crippen LogP contribution < -0.4 is 26.9 Å². The van der Waals surface area contributed by atoms with Crippen LogP contribution in [-0.4, -0.2) is 138 Å². The van der Waals surface area contributed by atoms with Crippen LogP contribution in [0, 0.1) is 62.3 Å². The van der Waals surface area contributed by atoms with Gasteiger partial charge in [0, 0.05) is 109 Å². The minimum atomic E-state index is 0. The lowest BCUT2D eigenvalue weighted by atomic mass is 9.93. The second-order valence-electron chi connectivity index (χ2n) is 26.7. The smallest absolute Gasteiger partial charge is 0.127 e. The highest BCUT2D eigenvalue weighted by molar-refractivity contribution is 14.1. The van der Waals surface area contributed by atoms with Crippen molar-refractivity contribution in [1.29, 1.82) is 0 Å². The fourth-order valence-electron chi connectivity index (χ4n) is 12.4. The monoisotopic (exact) mass is 1690 g/mol. The van der Waals surface area contributed by atoms with Gasteiger partial charge in [-0.05, 0) is 272 Å². The summed E-state index contributed by atoms with van der Waals surface area (Å²) < 4.78 is 52.3. The zero-order chi connectivity index (χ0) is 78.9. The van der Waals surface area contributed by atoms with Gasteiger partial charge in [0.1, 0.15) is 17.2 Å². The zero-order valence-electron chi connectivity index (χ0n) is 66.6. The molecule has 7 N–H and O–H groups in total. The van der Waals surface area contributed by atoms with E-state index in [4.69, 9.17) is 78.4 Å². The first-order valence-corrected chi connectivity index (χ1v) is 40.5. The van der Waals surface area contributed by atoms with E-state index in [1.54, 1.807) is 6.07 Å². The summed E-state index contributed by atoms with van der Waals surface area (Å²) in [6.07, 6.45) is 12.0. The molecule has 608 valence electrons. The van der Waals surface area contributed by atoms with Crippen molar-refractivity contribution < 1.29 is 43.0 Å². The Morgan fingerprint density at radius 1 is 0.373 bits per heavy atom. The van der Waals surface area contributed by atoms with E-state index in [0.29, 0.717) is 52.8 Å². The Bertz CT molecular complexity index is 3920. The number of phenols is 1. The standard InChI is InChI=1S/C29H39ClN2O3.C28H38ClN3O3.C19H19ClN2O.C10H21IO2.2CH4.H4N2/c1-6-14-33-17-18-34-15-8-7-9-16-35-28-13-11-25(27-20-22(3)31-32(27)5)23(4)29(28)24-10-12-26(30)21(2)19-24;1-20-18-23(8-10-25(20)29)28-22(3)24(26-19-21(2)31-32(26)4)9-11-27(28)35-14-7-5-6-13-33-16-17-34-15-12-30;1-11-9-14(5-7-16(11)20)19-13(3)15(6-8-18(19)23)17-10-12(2)21-22(17)4;1-2-7-12-9-10-13-8-5-3-4-6-11;;;1-2/h10-13,19-20H,6-9,14-18H2,1-5H3;8-11,18-19H,5-7,12-17,30H2,1-4H3;5-10,23H,1-4H3;2-10H2,1H3;2*1H4;1-2H2. The van der Waals surface area contributed by atoms with Gasteiger partial charge in [0.15, 0.2) is 0 Å². The van der Waals surface area contributed by atoms with E-state index in [2.05, 4.69) is 144 Å². The number of rotatable bonds is 40. The van der Waals surface area contributed by atoms with Crippen molar-refractivity contribution in [1.82, 2.24) is 29.3 Å². The van der Waals surface area contributed by atoms with Gasteiger partial charge < -0.3 is 48.7 Å². The first-order chi connectivity index (χ1) is 52.1. The van der Waals surface area contributed by atoms with Crippen LogP contribution in [0.2, 0.25) is 15.1 Å². The SMILES string of the molecule is C.C.CCCOCCOCCCCCI.CCCOCCOCCCCCOc1ccc(-c2cc(C)nn2C)c(C)c1-c1ccc(Cl)c(C)c1.Cc1cc(-c2ccc(O)c(-c3ccc(Cl)c(C)c3)c2C)n(C)n1.Cc1cc(-c2ccc(OCCCCCOCCOCCN)c(-c3ccc(Cl)c(C)c3)c2C)n(C)n1.NN. The molecule has 18 nitrogen and oxygen atoms in total. The number of alkyl halides is 1. The number of aryl methyl sites for hydroxylation is 9. The van der Waals surface area contributed by atoms with Crippen molar-refractivity contribution in [3.05, 3.63) is 175 Å². The molecule has 0 spiro atoms. The molecule has 0 bridgehead atoms. The molecule has 0 radical (unpaired) electrons. The molecule has 0 unspecified atom stereocenters. The quantitative estimate of drug-likeness (QED) is 0.00921. The number of aromatic hydroxyl groups is 1. The molecule has 110 heavy (non-hydrogen) atoms. The van der Waals surface area contributed by atoms with E-state index in [9.17, 15) is 5.11 Å². The minimum Gasteiger partial charge on any atom is -0.507 e. The average Bonchev–Trinajstić information content (AvgIpc) is 1.28. The third kappa shape index (κ3) is 31.9. The maximum absolute atomic E-state index is 10.4. The summed E-state index contributed by atoms with van der Waals surface area (Å²) >= 11 is 21.2. The van der Waals surface area contributed by atoms with Crippen molar-refractivity contribution in [2.24, 2.45) is 38.6 Å². The normalized spacial score (nSPS) is 10.8. The molecule has 0 saturated carbocycles. The largest absolute Gasteiger partial charge is 0.507 e. The summed E-state index contributed by atoms with van der Waals surface area (Å²) in [7, 11) is 5.90. The third-order valence-corrected chi connectivity index (χ3v) is 19.9. The zero-order valence-corrected chi connectivity index (χ0v) is 71.0. The molecule has 6 aromatic carbocycles. The number of hydrazine groups is 1. The van der Waals surface area contributed by atoms with Crippen molar-refractivity contribution in [3.8, 4) is 84.4 Å². The number of halogens is 4. The first kappa shape index (κ1) is 97.8. The summed E-state index contributed by atoms with van der Waals surface area (Å²) in [4.78, 5) is 0. The Hall–Kier alpha value is -6.41. The van der Waals surface area contributed by atoms with Crippen LogP contribution in [-0.2, 0) is 49.6 Å². The Balaban J connectivity index is 0.000000394. The van der Waals surface area contributed by atoms with Gasteiger partial charge in [-0.1, -0.05) is 111 Å². The van der Waals surface area contributed by atoms with Crippen LogP contribution in [0.1, 0.15) is 150 Å². The van der Waals surface area contributed by atoms with Gasteiger partial charge in [0.05, 0.1) is 93.6 Å². The van der Waals surface area contributed by atoms with E-state index < -0.39 is 0 Å². The second kappa shape index (κ2) is 54.3. The Kier molecular flexibility index (Phi) is 48.3. The third-order valence-electron chi connectivity index (χ3n) is 17.8. The summed E-state index contributed by atoms with van der Waals surface area (Å²) in [6, 6.07) is 36.5. The number of nitrogens with two attached hydrogens (primary N) is 3. The van der Waals surface area contributed by atoms with Crippen LogP contribution in [0.25, 0.3) is 67.2 Å². The van der Waals surface area contributed by atoms with Crippen LogP contribution >= 0.6 is 57.4 Å². The Morgan fingerprint density at radius 2 is 0.673 bits per heavy atom. The summed E-state index contributed by atoms with van der Waals surface area (Å²) in [5.41, 5.74) is 27.6. The maximum Gasteiger partial charge on any atom is 0.127 e. The van der Waals surface area contributed by atoms with Gasteiger partial charge in [0.25, 0.3) is 0 Å². The molecule has 22 heteroatoms. The lowest BCUT2D eigenvalue weighted by molar-refractivity contribution is 0.0463. The number of phenolic OH excluding ortho intramolecular Hbond substituents is 1. The van der Waals surface area contributed by atoms with Crippen LogP contribution in [0.4, 0.5) is 0 Å². The molecule has 0 aliphatic carbocycles. The van der Waals surface area contributed by atoms with E-state index in [-0.39, 0.29) is 20.6 Å². The summed E-state index contributed by atoms with van der Waals surface area (Å²) in [5, 5.41) is 26.1. The molecular formula is C88H129Cl3IN9O9. The summed E-state index contributed by atoms with van der Waals surface area (Å²) in [5.74, 6) is 10.1. The molecule has 0 atom stereocenters.